The summed E-state index contributed by atoms with van der Waals surface area (Å²) in [6.07, 6.45) is 5.47. The van der Waals surface area contributed by atoms with Crippen LogP contribution in [0.4, 0.5) is 22.4 Å². The van der Waals surface area contributed by atoms with Crippen molar-refractivity contribution in [1.29, 1.82) is 0 Å². The highest BCUT2D eigenvalue weighted by Gasteiger charge is 2.41. The minimum atomic E-state index is -4.81. The van der Waals surface area contributed by atoms with E-state index in [1.165, 1.54) is 18.3 Å². The van der Waals surface area contributed by atoms with Crippen LogP contribution in [0.2, 0.25) is 5.02 Å². The van der Waals surface area contributed by atoms with E-state index in [2.05, 4.69) is 21.5 Å². The molecule has 0 saturated heterocycles. The van der Waals surface area contributed by atoms with Gasteiger partial charge in [-0.1, -0.05) is 42.5 Å². The second kappa shape index (κ2) is 10.8. The fourth-order valence-corrected chi connectivity index (χ4v) is 4.77. The lowest BCUT2D eigenvalue weighted by molar-refractivity contribution is -0.137. The number of halogens is 5. The van der Waals surface area contributed by atoms with Crippen LogP contribution in [0.15, 0.2) is 60.8 Å². The Morgan fingerprint density at radius 3 is 2.32 bits per heavy atom. The Kier molecular flexibility index (Phi) is 7.74. The van der Waals surface area contributed by atoms with Gasteiger partial charge in [-0.15, -0.1) is 6.42 Å². The molecule has 1 heterocycles. The number of hydrogen-bond acceptors (Lipinski definition) is 2. The largest absolute Gasteiger partial charge is 0.416 e. The number of nitrogens with zero attached hydrogens (tertiary/aromatic N) is 1. The zero-order valence-electron chi connectivity index (χ0n) is 19.7. The zero-order chi connectivity index (χ0) is 26.6. The van der Waals surface area contributed by atoms with Crippen molar-refractivity contribution < 1.29 is 22.4 Å². The maximum absolute atomic E-state index is 14.7. The molecule has 1 atom stereocenters. The molecule has 9 heteroatoms. The van der Waals surface area contributed by atoms with Crippen molar-refractivity contribution in [2.24, 2.45) is 0 Å². The quantitative estimate of drug-likeness (QED) is 0.279. The Labute approximate surface area is 217 Å². The van der Waals surface area contributed by atoms with E-state index in [1.807, 2.05) is 0 Å². The van der Waals surface area contributed by atoms with Crippen molar-refractivity contribution in [2.45, 2.75) is 49.9 Å². The van der Waals surface area contributed by atoms with Crippen molar-refractivity contribution in [1.82, 2.24) is 15.6 Å². The van der Waals surface area contributed by atoms with Gasteiger partial charge in [-0.2, -0.15) is 13.2 Å². The van der Waals surface area contributed by atoms with Crippen molar-refractivity contribution in [2.75, 3.05) is 0 Å². The highest BCUT2D eigenvalue weighted by atomic mass is 35.5. The third-order valence-corrected chi connectivity index (χ3v) is 6.71. The van der Waals surface area contributed by atoms with Gasteiger partial charge in [0, 0.05) is 24.2 Å². The maximum Gasteiger partial charge on any atom is 0.416 e. The van der Waals surface area contributed by atoms with Gasteiger partial charge in [-0.05, 0) is 66.4 Å². The van der Waals surface area contributed by atoms with Crippen LogP contribution >= 0.6 is 11.6 Å². The molecule has 4 nitrogen and oxygen atoms in total. The van der Waals surface area contributed by atoms with Crippen molar-refractivity contribution >= 4 is 17.6 Å². The summed E-state index contributed by atoms with van der Waals surface area (Å²) in [4.78, 5) is 17.6. The summed E-state index contributed by atoms with van der Waals surface area (Å²) in [7, 11) is 0. The molecule has 37 heavy (non-hydrogen) atoms. The standard InChI is InChI=1S/C28H24ClF4N3O/c1-2-18-7-9-19(10-8-18)16-27(25-12-11-22(29)17-34-25,36-26(37)35-24-5-3-4-6-24)20-13-21(28(31,32)33)15-23(30)14-20/h1,7-15,17,24H,3-6,16H2,(H2,35,36,37)/t27-/m0/s1. The molecule has 0 aliphatic heterocycles. The first-order valence-electron chi connectivity index (χ1n) is 11.7. The normalized spacial score (nSPS) is 15.6. The van der Waals surface area contributed by atoms with E-state index in [0.29, 0.717) is 22.2 Å². The number of amides is 2. The first-order chi connectivity index (χ1) is 17.6. The van der Waals surface area contributed by atoms with Gasteiger partial charge in [0.25, 0.3) is 0 Å². The molecule has 192 valence electrons. The lowest BCUT2D eigenvalue weighted by atomic mass is 9.79. The topological polar surface area (TPSA) is 54.0 Å². The van der Waals surface area contributed by atoms with E-state index in [0.717, 1.165) is 37.8 Å². The lowest BCUT2D eigenvalue weighted by Crippen LogP contribution is -2.54. The molecule has 2 aromatic carbocycles. The highest BCUT2D eigenvalue weighted by molar-refractivity contribution is 6.30. The summed E-state index contributed by atoms with van der Waals surface area (Å²) in [6, 6.07) is 11.4. The number of hydrogen-bond donors (Lipinski definition) is 2. The second-order valence-corrected chi connectivity index (χ2v) is 9.53. The summed E-state index contributed by atoms with van der Waals surface area (Å²) in [5, 5.41) is 6.06. The fourth-order valence-electron chi connectivity index (χ4n) is 4.66. The van der Waals surface area contributed by atoms with Crippen LogP contribution in [0.25, 0.3) is 0 Å². The Bertz CT molecular complexity index is 1300. The molecule has 0 spiro atoms. The molecule has 1 fully saturated rings. The second-order valence-electron chi connectivity index (χ2n) is 9.09. The number of nitrogens with one attached hydrogen (secondary N) is 2. The molecule has 0 radical (unpaired) electrons. The van der Waals surface area contributed by atoms with Crippen LogP contribution < -0.4 is 10.6 Å². The van der Waals surface area contributed by atoms with Gasteiger partial charge >= 0.3 is 12.2 Å². The number of rotatable bonds is 6. The Hall–Kier alpha value is -3.57. The third-order valence-electron chi connectivity index (χ3n) is 6.49. The summed E-state index contributed by atoms with van der Waals surface area (Å²) >= 11 is 6.04. The SMILES string of the molecule is C#Cc1ccc(C[C@](NC(=O)NC2CCCC2)(c2cc(F)cc(C(F)(F)F)c2)c2ccc(Cl)cn2)cc1. The monoisotopic (exact) mass is 529 g/mol. The predicted molar refractivity (Wildman–Crippen MR) is 133 cm³/mol. The van der Waals surface area contributed by atoms with Crippen molar-refractivity contribution in [3.63, 3.8) is 0 Å². The molecule has 2 amide bonds. The number of aromatic nitrogens is 1. The zero-order valence-corrected chi connectivity index (χ0v) is 20.5. The number of alkyl halides is 3. The average Bonchev–Trinajstić information content (AvgIpc) is 3.36. The van der Waals surface area contributed by atoms with Crippen LogP contribution in [-0.4, -0.2) is 17.1 Å². The van der Waals surface area contributed by atoms with Crippen molar-refractivity contribution in [3.05, 3.63) is 99.6 Å². The molecule has 2 N–H and O–H groups in total. The third kappa shape index (κ3) is 6.23. The molecular formula is C28H24ClF4N3O. The molecule has 1 aliphatic carbocycles. The van der Waals surface area contributed by atoms with Crippen LogP contribution in [0.5, 0.6) is 0 Å². The van der Waals surface area contributed by atoms with Gasteiger partial charge < -0.3 is 10.6 Å². The number of pyridine rings is 1. The number of carbonyl (C=O) groups excluding carboxylic acids is 1. The molecule has 4 rings (SSSR count). The molecular weight excluding hydrogens is 506 g/mol. The molecule has 1 saturated carbocycles. The number of carbonyl (C=O) groups is 1. The summed E-state index contributed by atoms with van der Waals surface area (Å²) in [5.41, 5.74) is -1.53. The summed E-state index contributed by atoms with van der Waals surface area (Å²) in [5.74, 6) is 1.42. The van der Waals surface area contributed by atoms with E-state index >= 15 is 0 Å². The number of terminal acetylenes is 1. The molecule has 1 aliphatic rings. The number of benzene rings is 2. The predicted octanol–water partition coefficient (Wildman–Crippen LogP) is 6.60. The first kappa shape index (κ1) is 26.5. The molecule has 1 aromatic heterocycles. The Morgan fingerprint density at radius 2 is 1.73 bits per heavy atom. The first-order valence-corrected chi connectivity index (χ1v) is 12.1. The van der Waals surface area contributed by atoms with Crippen molar-refractivity contribution in [3.8, 4) is 12.3 Å². The minimum absolute atomic E-state index is 0.0364. The van der Waals surface area contributed by atoms with Crippen LogP contribution in [0.1, 0.15) is 53.6 Å². The fraction of sp³-hybridized carbons (Fsp3) is 0.286. The van der Waals surface area contributed by atoms with Crippen LogP contribution in [-0.2, 0) is 18.1 Å². The molecule has 3 aromatic rings. The average molecular weight is 530 g/mol. The molecule has 0 unspecified atom stereocenters. The van der Waals surface area contributed by atoms with Gasteiger partial charge in [0.1, 0.15) is 11.4 Å². The van der Waals surface area contributed by atoms with Crippen LogP contribution in [0, 0.1) is 18.2 Å². The summed E-state index contributed by atoms with van der Waals surface area (Å²) < 4.78 is 55.8. The smallest absolute Gasteiger partial charge is 0.335 e. The van der Waals surface area contributed by atoms with E-state index in [-0.39, 0.29) is 23.7 Å². The van der Waals surface area contributed by atoms with E-state index in [1.54, 1.807) is 24.3 Å². The summed E-state index contributed by atoms with van der Waals surface area (Å²) in [6.45, 7) is 0. The van der Waals surface area contributed by atoms with Gasteiger partial charge in [0.05, 0.1) is 16.3 Å². The van der Waals surface area contributed by atoms with Gasteiger partial charge in [0.15, 0.2) is 0 Å². The van der Waals surface area contributed by atoms with E-state index in [9.17, 15) is 22.4 Å². The van der Waals surface area contributed by atoms with Gasteiger partial charge in [-0.25, -0.2) is 9.18 Å². The lowest BCUT2D eigenvalue weighted by Gasteiger charge is -2.36. The van der Waals surface area contributed by atoms with Crippen LogP contribution in [0.3, 0.4) is 0 Å². The van der Waals surface area contributed by atoms with E-state index in [4.69, 9.17) is 18.0 Å². The Balaban J connectivity index is 1.89. The molecule has 0 bridgehead atoms. The minimum Gasteiger partial charge on any atom is -0.335 e. The van der Waals surface area contributed by atoms with E-state index < -0.39 is 29.1 Å². The van der Waals surface area contributed by atoms with Gasteiger partial charge in [0.2, 0.25) is 0 Å². The van der Waals surface area contributed by atoms with Gasteiger partial charge in [-0.3, -0.25) is 4.98 Å². The highest BCUT2D eigenvalue weighted by Crippen LogP contribution is 2.38. The number of urea groups is 1. The maximum atomic E-state index is 14.7. The Morgan fingerprint density at radius 1 is 1.05 bits per heavy atom.